The van der Waals surface area contributed by atoms with Crippen LogP contribution in [0.3, 0.4) is 0 Å². The number of nitrogens with zero attached hydrogens (tertiary/aromatic N) is 4. The molecule has 0 bridgehead atoms. The van der Waals surface area contributed by atoms with E-state index in [-0.39, 0.29) is 11.6 Å². The lowest BCUT2D eigenvalue weighted by Gasteiger charge is -2.21. The van der Waals surface area contributed by atoms with Gasteiger partial charge in [-0.1, -0.05) is 29.8 Å². The summed E-state index contributed by atoms with van der Waals surface area (Å²) in [5.41, 5.74) is 4.13. The highest BCUT2D eigenvalue weighted by molar-refractivity contribution is 5.82. The van der Waals surface area contributed by atoms with Crippen molar-refractivity contribution in [2.24, 2.45) is 0 Å². The fourth-order valence-electron chi connectivity index (χ4n) is 3.81. The van der Waals surface area contributed by atoms with Crippen LogP contribution in [0.2, 0.25) is 0 Å². The summed E-state index contributed by atoms with van der Waals surface area (Å²) in [6, 6.07) is 9.96. The number of aromatic nitrogens is 4. The van der Waals surface area contributed by atoms with Gasteiger partial charge in [0, 0.05) is 25.5 Å². The van der Waals surface area contributed by atoms with Gasteiger partial charge in [0.05, 0.1) is 12.5 Å². The molecule has 1 atom stereocenters. The number of nitrogens with one attached hydrogen (secondary N) is 1. The molecule has 3 heterocycles. The normalized spacial score (nSPS) is 15.7. The Bertz CT molecular complexity index is 1080. The highest BCUT2D eigenvalue weighted by atomic mass is 16.2. The Morgan fingerprint density at radius 3 is 2.93 bits per heavy atom. The average Bonchev–Trinajstić information content (AvgIpc) is 3.05. The molecule has 4 rings (SSSR count). The Hall–Kier alpha value is -3.22. The molecule has 0 saturated heterocycles. The largest absolute Gasteiger partial charge is 0.351 e. The molecule has 1 aliphatic heterocycles. The van der Waals surface area contributed by atoms with Gasteiger partial charge in [0.2, 0.25) is 5.91 Å². The summed E-state index contributed by atoms with van der Waals surface area (Å²) in [5, 5.41) is 7.53. The van der Waals surface area contributed by atoms with Gasteiger partial charge in [-0.15, -0.1) is 0 Å². The van der Waals surface area contributed by atoms with Crippen molar-refractivity contribution in [1.82, 2.24) is 24.6 Å². The zero-order valence-electron chi connectivity index (χ0n) is 16.8. The van der Waals surface area contributed by atoms with E-state index in [1.807, 2.05) is 26.0 Å². The second-order valence-electron chi connectivity index (χ2n) is 7.65. The lowest BCUT2D eigenvalue weighted by atomic mass is 9.98. The summed E-state index contributed by atoms with van der Waals surface area (Å²) in [4.78, 5) is 29.8. The molecule has 1 N–H and O–H groups in total. The van der Waals surface area contributed by atoms with Crippen LogP contribution in [0.1, 0.15) is 46.8 Å². The third-order valence-electron chi connectivity index (χ3n) is 5.47. The molecule has 7 heteroatoms. The van der Waals surface area contributed by atoms with Crippen molar-refractivity contribution in [2.75, 3.05) is 0 Å². The van der Waals surface area contributed by atoms with Crippen molar-refractivity contribution in [3.8, 4) is 0 Å². The number of pyridine rings is 1. The van der Waals surface area contributed by atoms with Crippen molar-refractivity contribution in [1.29, 1.82) is 0 Å². The monoisotopic (exact) mass is 391 g/mol. The molecule has 1 aliphatic rings. The quantitative estimate of drug-likeness (QED) is 0.724. The predicted octanol–water partition coefficient (Wildman–Crippen LogP) is 2.30. The van der Waals surface area contributed by atoms with Gasteiger partial charge in [0.25, 0.3) is 0 Å². The highest BCUT2D eigenvalue weighted by Gasteiger charge is 2.31. The minimum absolute atomic E-state index is 0.0984. The Morgan fingerprint density at radius 2 is 2.14 bits per heavy atom. The maximum absolute atomic E-state index is 12.9. The lowest BCUT2D eigenvalue weighted by molar-refractivity contribution is -0.123. The van der Waals surface area contributed by atoms with Crippen molar-refractivity contribution >= 4 is 5.91 Å². The van der Waals surface area contributed by atoms with Gasteiger partial charge in [-0.3, -0.25) is 14.3 Å². The number of hydrogen-bond donors (Lipinski definition) is 1. The van der Waals surface area contributed by atoms with E-state index in [0.29, 0.717) is 31.9 Å². The van der Waals surface area contributed by atoms with Crippen molar-refractivity contribution in [3.05, 3.63) is 81.3 Å². The molecule has 0 radical (unpaired) electrons. The van der Waals surface area contributed by atoms with E-state index in [0.717, 1.165) is 28.7 Å². The molecule has 3 aromatic rings. The number of hydrogen-bond acceptors (Lipinski definition) is 4. The molecular formula is C22H25N5O2. The third kappa shape index (κ3) is 3.99. The number of benzene rings is 1. The predicted molar refractivity (Wildman–Crippen MR) is 110 cm³/mol. The van der Waals surface area contributed by atoms with Gasteiger partial charge in [0.1, 0.15) is 5.82 Å². The molecule has 0 fully saturated rings. The van der Waals surface area contributed by atoms with Gasteiger partial charge in [0.15, 0.2) is 0 Å². The Morgan fingerprint density at radius 1 is 1.28 bits per heavy atom. The van der Waals surface area contributed by atoms with Gasteiger partial charge in [-0.05, 0) is 49.4 Å². The van der Waals surface area contributed by atoms with Gasteiger partial charge < -0.3 is 5.32 Å². The zero-order valence-corrected chi connectivity index (χ0v) is 16.8. The van der Waals surface area contributed by atoms with E-state index in [2.05, 4.69) is 33.6 Å². The first-order valence-electron chi connectivity index (χ1n) is 9.93. The molecule has 150 valence electrons. The topological polar surface area (TPSA) is 81.8 Å². The molecule has 1 aromatic carbocycles. The van der Waals surface area contributed by atoms with Crippen molar-refractivity contribution in [2.45, 2.75) is 52.2 Å². The molecule has 1 unspecified atom stereocenters. The Balaban J connectivity index is 1.56. The number of rotatable bonds is 5. The highest BCUT2D eigenvalue weighted by Crippen LogP contribution is 2.25. The number of fused-ring (bicyclic) bond motifs is 1. The molecule has 0 saturated carbocycles. The number of aryl methyl sites for hydroxylation is 2. The third-order valence-corrected chi connectivity index (χ3v) is 5.47. The molecule has 0 aliphatic carbocycles. The van der Waals surface area contributed by atoms with Gasteiger partial charge >= 0.3 is 5.69 Å². The molecule has 29 heavy (non-hydrogen) atoms. The molecule has 7 nitrogen and oxygen atoms in total. The smallest absolute Gasteiger partial charge is 0.346 e. The average molecular weight is 391 g/mol. The molecule has 1 amide bonds. The minimum Gasteiger partial charge on any atom is -0.351 e. The zero-order chi connectivity index (χ0) is 20.4. The van der Waals surface area contributed by atoms with E-state index in [4.69, 9.17) is 0 Å². The molecule has 0 spiro atoms. The van der Waals surface area contributed by atoms with E-state index in [9.17, 15) is 9.59 Å². The van der Waals surface area contributed by atoms with E-state index in [1.54, 1.807) is 17.0 Å². The second-order valence-corrected chi connectivity index (χ2v) is 7.65. The first-order chi connectivity index (χ1) is 14.0. The van der Waals surface area contributed by atoms with Crippen LogP contribution in [0.5, 0.6) is 0 Å². The summed E-state index contributed by atoms with van der Waals surface area (Å²) < 4.78 is 3.15. The second kappa shape index (κ2) is 8.03. The van der Waals surface area contributed by atoms with E-state index in [1.165, 1.54) is 4.68 Å². The van der Waals surface area contributed by atoms with Crippen molar-refractivity contribution < 1.29 is 4.79 Å². The molecular weight excluding hydrogens is 366 g/mol. The van der Waals surface area contributed by atoms with Crippen LogP contribution in [-0.2, 0) is 24.4 Å². The Labute approximate surface area is 169 Å². The summed E-state index contributed by atoms with van der Waals surface area (Å²) in [7, 11) is 0. The maximum Gasteiger partial charge on any atom is 0.346 e. The van der Waals surface area contributed by atoms with Crippen LogP contribution >= 0.6 is 0 Å². The Kier molecular flexibility index (Phi) is 5.29. The van der Waals surface area contributed by atoms with E-state index < -0.39 is 5.92 Å². The van der Waals surface area contributed by atoms with Crippen LogP contribution in [0, 0.1) is 13.8 Å². The minimum atomic E-state index is -0.409. The summed E-state index contributed by atoms with van der Waals surface area (Å²) >= 11 is 0. The van der Waals surface area contributed by atoms with Crippen LogP contribution in [0.25, 0.3) is 0 Å². The first-order valence-corrected chi connectivity index (χ1v) is 9.93. The lowest BCUT2D eigenvalue weighted by Crippen LogP contribution is -2.35. The number of carbonyl (C=O) groups excluding carboxylic acids is 1. The standard InChI is InChI=1S/C22H25N5O2/c1-15-7-8-16(2)18(11-15)14-27-22(29)26-10-4-6-19(20(26)25-27)21(28)24-13-17-5-3-9-23-12-17/h3,5,7-9,11-12,19H,4,6,10,13-14H2,1-2H3,(H,24,28). The van der Waals surface area contributed by atoms with Gasteiger partial charge in [-0.2, -0.15) is 5.10 Å². The fraction of sp³-hybridized carbons (Fsp3) is 0.364. The van der Waals surface area contributed by atoms with Crippen molar-refractivity contribution in [3.63, 3.8) is 0 Å². The number of amides is 1. The number of carbonyl (C=O) groups is 1. The van der Waals surface area contributed by atoms with Crippen LogP contribution in [0.15, 0.2) is 47.5 Å². The van der Waals surface area contributed by atoms with Gasteiger partial charge in [-0.25, -0.2) is 9.48 Å². The van der Waals surface area contributed by atoms with Crippen LogP contribution in [-0.4, -0.2) is 25.2 Å². The first kappa shape index (κ1) is 19.1. The summed E-state index contributed by atoms with van der Waals surface area (Å²) in [6.45, 7) is 5.50. The van der Waals surface area contributed by atoms with Crippen LogP contribution < -0.4 is 11.0 Å². The summed E-state index contributed by atoms with van der Waals surface area (Å²) in [6.07, 6.45) is 4.91. The van der Waals surface area contributed by atoms with E-state index >= 15 is 0 Å². The SMILES string of the molecule is Cc1ccc(C)c(Cn2nc3n(c2=O)CCCC3C(=O)NCc2cccnc2)c1. The maximum atomic E-state index is 12.9. The molecule has 2 aromatic heterocycles. The fourth-order valence-corrected chi connectivity index (χ4v) is 3.81. The van der Waals surface area contributed by atoms with Crippen LogP contribution in [0.4, 0.5) is 0 Å². The summed E-state index contributed by atoms with van der Waals surface area (Å²) in [5.74, 6) is 0.0573.